The number of anilines is 1. The molecule has 0 fully saturated rings. The molecule has 0 saturated heterocycles. The van der Waals surface area contributed by atoms with Gasteiger partial charge in [0.2, 0.25) is 0 Å². The first-order chi connectivity index (χ1) is 10.9. The zero-order chi connectivity index (χ0) is 16.6. The predicted octanol–water partition coefficient (Wildman–Crippen LogP) is 2.52. The standard InChI is InChI=1S/C16H12ClFN2O3/c17-9-1-4-13-8(5-9)6-14(23-13)16(22)20-10-2-3-12(18)11(7-10)15(19)21/h1-5,7,14H,6H2,(H2,19,21)(H,20,22). The number of fused-ring (bicyclic) bond motifs is 1. The van der Waals surface area contributed by atoms with Gasteiger partial charge in [-0.1, -0.05) is 11.6 Å². The number of carbonyl (C=O) groups excluding carboxylic acids is 2. The van der Waals surface area contributed by atoms with Gasteiger partial charge in [0.15, 0.2) is 6.10 Å². The molecule has 0 spiro atoms. The Balaban J connectivity index is 1.74. The predicted molar refractivity (Wildman–Crippen MR) is 83.1 cm³/mol. The van der Waals surface area contributed by atoms with Crippen LogP contribution in [-0.4, -0.2) is 17.9 Å². The molecule has 2 aromatic carbocycles. The molecule has 2 aromatic rings. The van der Waals surface area contributed by atoms with Crippen molar-refractivity contribution in [3.63, 3.8) is 0 Å². The molecule has 0 radical (unpaired) electrons. The second kappa shape index (κ2) is 5.89. The zero-order valence-electron chi connectivity index (χ0n) is 11.8. The van der Waals surface area contributed by atoms with Crippen LogP contribution in [0.1, 0.15) is 15.9 Å². The summed E-state index contributed by atoms with van der Waals surface area (Å²) < 4.78 is 19.0. The molecule has 118 valence electrons. The van der Waals surface area contributed by atoms with Crippen molar-refractivity contribution < 1.29 is 18.7 Å². The number of primary amides is 1. The summed E-state index contributed by atoms with van der Waals surface area (Å²) in [7, 11) is 0. The molecule has 0 saturated carbocycles. The molecule has 1 aliphatic heterocycles. The van der Waals surface area contributed by atoms with E-state index in [1.165, 1.54) is 12.1 Å². The van der Waals surface area contributed by atoms with Gasteiger partial charge >= 0.3 is 0 Å². The summed E-state index contributed by atoms with van der Waals surface area (Å²) in [5.41, 5.74) is 5.90. The quantitative estimate of drug-likeness (QED) is 0.905. The Morgan fingerprint density at radius 1 is 1.26 bits per heavy atom. The van der Waals surface area contributed by atoms with Gasteiger partial charge in [-0.3, -0.25) is 9.59 Å². The van der Waals surface area contributed by atoms with Gasteiger partial charge in [0.25, 0.3) is 11.8 Å². The van der Waals surface area contributed by atoms with E-state index in [9.17, 15) is 14.0 Å². The smallest absolute Gasteiger partial charge is 0.265 e. The molecule has 2 amide bonds. The number of hydrogen-bond acceptors (Lipinski definition) is 3. The Morgan fingerprint density at radius 3 is 2.78 bits per heavy atom. The van der Waals surface area contributed by atoms with Crippen LogP contribution in [-0.2, 0) is 11.2 Å². The van der Waals surface area contributed by atoms with E-state index < -0.39 is 23.7 Å². The fourth-order valence-electron chi connectivity index (χ4n) is 2.38. The normalized spacial score (nSPS) is 15.7. The number of benzene rings is 2. The summed E-state index contributed by atoms with van der Waals surface area (Å²) in [6.45, 7) is 0. The van der Waals surface area contributed by atoms with Crippen LogP contribution in [0.5, 0.6) is 5.75 Å². The van der Waals surface area contributed by atoms with Crippen LogP contribution >= 0.6 is 11.6 Å². The summed E-state index contributed by atoms with van der Waals surface area (Å²) in [6, 6.07) is 8.73. The topological polar surface area (TPSA) is 81.4 Å². The Morgan fingerprint density at radius 2 is 2.04 bits per heavy atom. The molecular weight excluding hydrogens is 323 g/mol. The molecule has 1 heterocycles. The maximum Gasteiger partial charge on any atom is 0.265 e. The largest absolute Gasteiger partial charge is 0.480 e. The monoisotopic (exact) mass is 334 g/mol. The molecule has 23 heavy (non-hydrogen) atoms. The van der Waals surface area contributed by atoms with Crippen molar-refractivity contribution in [2.24, 2.45) is 5.73 Å². The van der Waals surface area contributed by atoms with Crippen LogP contribution in [0.25, 0.3) is 0 Å². The molecule has 3 rings (SSSR count). The molecule has 5 nitrogen and oxygen atoms in total. The van der Waals surface area contributed by atoms with Gasteiger partial charge in [0, 0.05) is 17.1 Å². The Labute approximate surface area is 136 Å². The number of carbonyl (C=O) groups is 2. The lowest BCUT2D eigenvalue weighted by Gasteiger charge is -2.12. The molecule has 0 aliphatic carbocycles. The summed E-state index contributed by atoms with van der Waals surface area (Å²) in [5, 5.41) is 3.15. The van der Waals surface area contributed by atoms with Gasteiger partial charge in [0.1, 0.15) is 11.6 Å². The molecule has 0 aromatic heterocycles. The minimum absolute atomic E-state index is 0.266. The third-order valence-electron chi connectivity index (χ3n) is 3.49. The first kappa shape index (κ1) is 15.3. The lowest BCUT2D eigenvalue weighted by atomic mass is 10.1. The minimum Gasteiger partial charge on any atom is -0.480 e. The van der Waals surface area contributed by atoms with Gasteiger partial charge in [-0.2, -0.15) is 0 Å². The van der Waals surface area contributed by atoms with Crippen molar-refractivity contribution >= 4 is 29.1 Å². The van der Waals surface area contributed by atoms with Crippen LogP contribution in [0.3, 0.4) is 0 Å². The van der Waals surface area contributed by atoms with Crippen molar-refractivity contribution in [1.29, 1.82) is 0 Å². The SMILES string of the molecule is NC(=O)c1cc(NC(=O)C2Cc3cc(Cl)ccc3O2)ccc1F. The molecule has 3 N–H and O–H groups in total. The van der Waals surface area contributed by atoms with Crippen molar-refractivity contribution in [2.75, 3.05) is 5.32 Å². The summed E-state index contributed by atoms with van der Waals surface area (Å²) >= 11 is 5.91. The Kier molecular flexibility index (Phi) is 3.92. The van der Waals surface area contributed by atoms with Crippen LogP contribution in [0.2, 0.25) is 5.02 Å². The van der Waals surface area contributed by atoms with Crippen molar-refractivity contribution in [2.45, 2.75) is 12.5 Å². The van der Waals surface area contributed by atoms with Crippen LogP contribution in [0, 0.1) is 5.82 Å². The maximum absolute atomic E-state index is 13.4. The van der Waals surface area contributed by atoms with Gasteiger partial charge in [-0.05, 0) is 42.0 Å². The first-order valence-electron chi connectivity index (χ1n) is 6.79. The number of amides is 2. The average Bonchev–Trinajstić information content (AvgIpc) is 2.92. The molecule has 7 heteroatoms. The van der Waals surface area contributed by atoms with Crippen molar-refractivity contribution in [3.05, 3.63) is 58.4 Å². The number of nitrogens with two attached hydrogens (primary N) is 1. The number of rotatable bonds is 3. The molecule has 1 aliphatic rings. The summed E-state index contributed by atoms with van der Waals surface area (Å²) in [5.74, 6) is -1.45. The molecular formula is C16H12ClFN2O3. The number of halogens is 2. The zero-order valence-corrected chi connectivity index (χ0v) is 12.6. The molecule has 1 atom stereocenters. The van der Waals surface area contributed by atoms with E-state index in [1.54, 1.807) is 18.2 Å². The van der Waals surface area contributed by atoms with E-state index >= 15 is 0 Å². The summed E-state index contributed by atoms with van der Waals surface area (Å²) in [4.78, 5) is 23.4. The fraction of sp³-hybridized carbons (Fsp3) is 0.125. The third kappa shape index (κ3) is 3.12. The maximum atomic E-state index is 13.4. The van der Waals surface area contributed by atoms with Crippen LogP contribution in [0.15, 0.2) is 36.4 Å². The minimum atomic E-state index is -0.905. The highest BCUT2D eigenvalue weighted by molar-refractivity contribution is 6.30. The highest BCUT2D eigenvalue weighted by atomic mass is 35.5. The second-order valence-corrected chi connectivity index (χ2v) is 5.55. The number of ether oxygens (including phenoxy) is 1. The fourth-order valence-corrected chi connectivity index (χ4v) is 2.57. The summed E-state index contributed by atoms with van der Waals surface area (Å²) in [6.07, 6.45) is -0.337. The lowest BCUT2D eigenvalue weighted by molar-refractivity contribution is -0.122. The van der Waals surface area contributed by atoms with Gasteiger partial charge < -0.3 is 15.8 Å². The highest BCUT2D eigenvalue weighted by Gasteiger charge is 2.29. The van der Waals surface area contributed by atoms with Crippen LogP contribution < -0.4 is 15.8 Å². The number of nitrogens with one attached hydrogen (secondary N) is 1. The van der Waals surface area contributed by atoms with Gasteiger partial charge in [-0.15, -0.1) is 0 Å². The molecule has 0 bridgehead atoms. The van der Waals surface area contributed by atoms with E-state index in [4.69, 9.17) is 22.1 Å². The van der Waals surface area contributed by atoms with Crippen molar-refractivity contribution in [3.8, 4) is 5.75 Å². The third-order valence-corrected chi connectivity index (χ3v) is 3.72. The Hall–Kier alpha value is -2.60. The van der Waals surface area contributed by atoms with Gasteiger partial charge in [-0.25, -0.2) is 4.39 Å². The van der Waals surface area contributed by atoms with Crippen molar-refractivity contribution in [1.82, 2.24) is 0 Å². The van der Waals surface area contributed by atoms with Gasteiger partial charge in [0.05, 0.1) is 5.56 Å². The van der Waals surface area contributed by atoms with E-state index in [1.807, 2.05) is 0 Å². The van der Waals surface area contributed by atoms with E-state index in [-0.39, 0.29) is 11.3 Å². The average molecular weight is 335 g/mol. The van der Waals surface area contributed by atoms with E-state index in [0.717, 1.165) is 11.6 Å². The van der Waals surface area contributed by atoms with Crippen LogP contribution in [0.4, 0.5) is 10.1 Å². The number of hydrogen-bond donors (Lipinski definition) is 2. The lowest BCUT2D eigenvalue weighted by Crippen LogP contribution is -2.31. The van der Waals surface area contributed by atoms with E-state index in [2.05, 4.69) is 5.32 Å². The van der Waals surface area contributed by atoms with E-state index in [0.29, 0.717) is 17.2 Å². The highest BCUT2D eigenvalue weighted by Crippen LogP contribution is 2.31. The second-order valence-electron chi connectivity index (χ2n) is 5.11. The molecule has 1 unspecified atom stereocenters. The Bertz CT molecular complexity index is 810. The first-order valence-corrected chi connectivity index (χ1v) is 7.17.